The molecule has 0 bridgehead atoms. The van der Waals surface area contributed by atoms with E-state index in [9.17, 15) is 9.59 Å². The Hall–Kier alpha value is -3.50. The van der Waals surface area contributed by atoms with E-state index in [-0.39, 0.29) is 11.8 Å². The number of amides is 2. The van der Waals surface area contributed by atoms with Gasteiger partial charge in [0.05, 0.1) is 39.6 Å². The molecule has 2 N–H and O–H groups in total. The number of piperazine rings is 1. The molecule has 1 aliphatic heterocycles. The Kier molecular flexibility index (Phi) is 11.5. The molecule has 208 valence electrons. The summed E-state index contributed by atoms with van der Waals surface area (Å²) in [7, 11) is 6.25. The number of methoxy groups -OCH3 is 4. The van der Waals surface area contributed by atoms with Crippen molar-refractivity contribution in [1.29, 1.82) is 0 Å². The fraction of sp³-hybridized carbons (Fsp3) is 0.500. The molecule has 10 heteroatoms. The summed E-state index contributed by atoms with van der Waals surface area (Å²) < 4.78 is 21.0. The van der Waals surface area contributed by atoms with Crippen LogP contribution in [0.4, 0.5) is 0 Å². The molecular weight excluding hydrogens is 488 g/mol. The minimum atomic E-state index is -0.146. The highest BCUT2D eigenvalue weighted by molar-refractivity contribution is 5.97. The molecule has 1 heterocycles. The van der Waals surface area contributed by atoms with E-state index in [0.29, 0.717) is 47.2 Å². The van der Waals surface area contributed by atoms with Crippen LogP contribution in [0.25, 0.3) is 0 Å². The minimum Gasteiger partial charge on any atom is -0.497 e. The summed E-state index contributed by atoms with van der Waals surface area (Å²) >= 11 is 0. The molecule has 0 unspecified atom stereocenters. The highest BCUT2D eigenvalue weighted by Crippen LogP contribution is 2.25. The summed E-state index contributed by atoms with van der Waals surface area (Å²) in [6.07, 6.45) is 1.76. The molecule has 2 aromatic rings. The molecule has 0 spiro atoms. The number of nitrogens with zero attached hydrogens (tertiary/aromatic N) is 2. The summed E-state index contributed by atoms with van der Waals surface area (Å²) in [6.45, 7) is 7.07. The number of carbonyl (C=O) groups is 2. The second-order valence-electron chi connectivity index (χ2n) is 9.03. The average molecular weight is 529 g/mol. The maximum Gasteiger partial charge on any atom is 0.255 e. The summed E-state index contributed by atoms with van der Waals surface area (Å²) in [4.78, 5) is 29.9. The monoisotopic (exact) mass is 528 g/mol. The van der Waals surface area contributed by atoms with Crippen LogP contribution < -0.4 is 29.6 Å². The lowest BCUT2D eigenvalue weighted by atomic mass is 10.1. The molecule has 2 aromatic carbocycles. The van der Waals surface area contributed by atoms with Gasteiger partial charge in [-0.15, -0.1) is 0 Å². The lowest BCUT2D eigenvalue weighted by molar-refractivity contribution is 0.0931. The molecule has 2 amide bonds. The summed E-state index contributed by atoms with van der Waals surface area (Å²) in [5.41, 5.74) is 1.00. The molecule has 10 nitrogen and oxygen atoms in total. The molecule has 3 rings (SSSR count). The van der Waals surface area contributed by atoms with Crippen LogP contribution in [0.15, 0.2) is 36.4 Å². The quantitative estimate of drug-likeness (QED) is 0.360. The Bertz CT molecular complexity index is 972. The van der Waals surface area contributed by atoms with E-state index < -0.39 is 0 Å². The Balaban J connectivity index is 1.28. The smallest absolute Gasteiger partial charge is 0.255 e. The van der Waals surface area contributed by atoms with Crippen molar-refractivity contribution in [3.63, 3.8) is 0 Å². The number of nitrogens with one attached hydrogen (secondary N) is 2. The predicted octanol–water partition coefficient (Wildman–Crippen LogP) is 2.28. The van der Waals surface area contributed by atoms with Crippen molar-refractivity contribution in [1.82, 2.24) is 20.4 Å². The molecule has 0 saturated carbocycles. The molecule has 0 atom stereocenters. The number of rotatable bonds is 14. The molecule has 38 heavy (non-hydrogen) atoms. The van der Waals surface area contributed by atoms with Crippen LogP contribution in [-0.4, -0.2) is 102 Å². The van der Waals surface area contributed by atoms with Crippen LogP contribution in [0.5, 0.6) is 23.0 Å². The van der Waals surface area contributed by atoms with E-state index in [1.54, 1.807) is 64.8 Å². The highest BCUT2D eigenvalue weighted by atomic mass is 16.5. The maximum atomic E-state index is 12.5. The van der Waals surface area contributed by atoms with Crippen molar-refractivity contribution in [2.75, 3.05) is 80.8 Å². The number of ether oxygens (including phenoxy) is 4. The highest BCUT2D eigenvalue weighted by Gasteiger charge is 2.18. The Morgan fingerprint density at radius 3 is 1.39 bits per heavy atom. The molecule has 0 aromatic heterocycles. The third kappa shape index (κ3) is 8.26. The van der Waals surface area contributed by atoms with E-state index in [1.165, 1.54) is 0 Å². The average Bonchev–Trinajstić information content (AvgIpc) is 2.97. The Morgan fingerprint density at radius 2 is 1.05 bits per heavy atom. The van der Waals surface area contributed by atoms with Crippen molar-refractivity contribution >= 4 is 11.8 Å². The number of benzene rings is 2. The van der Waals surface area contributed by atoms with Crippen molar-refractivity contribution in [3.8, 4) is 23.0 Å². The zero-order valence-electron chi connectivity index (χ0n) is 22.9. The first-order valence-electron chi connectivity index (χ1n) is 12.9. The van der Waals surface area contributed by atoms with Gasteiger partial charge in [-0.1, -0.05) is 0 Å². The number of carbonyl (C=O) groups excluding carboxylic acids is 2. The van der Waals surface area contributed by atoms with Gasteiger partial charge in [0.2, 0.25) is 0 Å². The molecule has 0 radical (unpaired) electrons. The van der Waals surface area contributed by atoms with Gasteiger partial charge in [0, 0.05) is 51.4 Å². The zero-order chi connectivity index (χ0) is 27.3. The predicted molar refractivity (Wildman–Crippen MR) is 146 cm³/mol. The van der Waals surface area contributed by atoms with Crippen molar-refractivity contribution in [2.45, 2.75) is 12.8 Å². The minimum absolute atomic E-state index is 0.146. The zero-order valence-corrected chi connectivity index (χ0v) is 22.9. The van der Waals surface area contributed by atoms with E-state index in [4.69, 9.17) is 18.9 Å². The molecule has 0 aliphatic carbocycles. The van der Waals surface area contributed by atoms with Crippen molar-refractivity contribution in [3.05, 3.63) is 47.5 Å². The normalized spacial score (nSPS) is 14.0. The lowest BCUT2D eigenvalue weighted by Gasteiger charge is -2.34. The van der Waals surface area contributed by atoms with Crippen LogP contribution in [0.3, 0.4) is 0 Å². The van der Waals surface area contributed by atoms with Gasteiger partial charge in [0.15, 0.2) is 0 Å². The SMILES string of the molecule is COc1ccc(C(=O)NCCCN2CCN(CCCNC(=O)c3ccc(OC)cc3OC)CC2)c(OC)c1. The topological polar surface area (TPSA) is 102 Å². The van der Waals surface area contributed by atoms with E-state index in [2.05, 4.69) is 20.4 Å². The van der Waals surface area contributed by atoms with Crippen molar-refractivity contribution < 1.29 is 28.5 Å². The maximum absolute atomic E-state index is 12.5. The fourth-order valence-electron chi connectivity index (χ4n) is 4.41. The van der Waals surface area contributed by atoms with Crippen LogP contribution in [0.2, 0.25) is 0 Å². The standard InChI is InChI=1S/C28H40N4O6/c1-35-21-7-9-23(25(19-21)37-3)27(33)29-11-5-13-31-15-17-32(18-16-31)14-6-12-30-28(34)24-10-8-22(36-2)20-26(24)38-4/h7-10,19-20H,5-6,11-18H2,1-4H3,(H,29,33)(H,30,34). The van der Waals surface area contributed by atoms with Crippen LogP contribution in [0.1, 0.15) is 33.6 Å². The fourth-order valence-corrected chi connectivity index (χ4v) is 4.41. The van der Waals surface area contributed by atoms with Gasteiger partial charge < -0.3 is 39.4 Å². The second kappa shape index (κ2) is 15.0. The molecule has 1 saturated heterocycles. The third-order valence-corrected chi connectivity index (χ3v) is 6.64. The summed E-state index contributed by atoms with van der Waals surface area (Å²) in [5, 5.41) is 5.96. The van der Waals surface area contributed by atoms with E-state index >= 15 is 0 Å². The largest absolute Gasteiger partial charge is 0.497 e. The molecule has 1 aliphatic rings. The van der Waals surface area contributed by atoms with Gasteiger partial charge in [-0.05, 0) is 50.2 Å². The summed E-state index contributed by atoms with van der Waals surface area (Å²) in [6, 6.07) is 10.4. The third-order valence-electron chi connectivity index (χ3n) is 6.64. The van der Waals surface area contributed by atoms with E-state index in [1.807, 2.05) is 0 Å². The van der Waals surface area contributed by atoms with E-state index in [0.717, 1.165) is 52.1 Å². The first kappa shape index (κ1) is 29.1. The Labute approximate surface area is 225 Å². The van der Waals surface area contributed by atoms with Gasteiger partial charge in [-0.25, -0.2) is 0 Å². The second-order valence-corrected chi connectivity index (χ2v) is 9.03. The lowest BCUT2D eigenvalue weighted by Crippen LogP contribution is -2.47. The van der Waals surface area contributed by atoms with Crippen LogP contribution in [-0.2, 0) is 0 Å². The van der Waals surface area contributed by atoms with Gasteiger partial charge in [-0.3, -0.25) is 9.59 Å². The van der Waals surface area contributed by atoms with Gasteiger partial charge in [0.1, 0.15) is 23.0 Å². The summed E-state index contributed by atoms with van der Waals surface area (Å²) in [5.74, 6) is 2.00. The Morgan fingerprint density at radius 1 is 0.658 bits per heavy atom. The first-order valence-corrected chi connectivity index (χ1v) is 12.9. The van der Waals surface area contributed by atoms with Gasteiger partial charge in [-0.2, -0.15) is 0 Å². The van der Waals surface area contributed by atoms with Crippen molar-refractivity contribution in [2.24, 2.45) is 0 Å². The first-order chi connectivity index (χ1) is 18.5. The number of hydrogen-bond donors (Lipinski definition) is 2. The molecule has 1 fully saturated rings. The number of hydrogen-bond acceptors (Lipinski definition) is 8. The van der Waals surface area contributed by atoms with Gasteiger partial charge in [0.25, 0.3) is 11.8 Å². The van der Waals surface area contributed by atoms with Crippen LogP contribution in [0, 0.1) is 0 Å². The molecular formula is C28H40N4O6. The van der Waals surface area contributed by atoms with Gasteiger partial charge >= 0.3 is 0 Å². The van der Waals surface area contributed by atoms with Crippen LogP contribution >= 0.6 is 0 Å².